The number of carbonyl (C=O) groups is 1. The lowest BCUT2D eigenvalue weighted by molar-refractivity contribution is 0.0694. The Balaban J connectivity index is 2.06. The second-order valence-electron chi connectivity index (χ2n) is 6.21. The summed E-state index contributed by atoms with van der Waals surface area (Å²) in [6.45, 7) is 6.90. The molecule has 2 heterocycles. The third-order valence-electron chi connectivity index (χ3n) is 4.37. The van der Waals surface area contributed by atoms with E-state index >= 15 is 0 Å². The number of rotatable bonds is 7. The van der Waals surface area contributed by atoms with E-state index in [1.54, 1.807) is 24.5 Å². The summed E-state index contributed by atoms with van der Waals surface area (Å²) in [6.07, 6.45) is 5.80. The SMILES string of the molecule is CCN1CCCC1CN(CCN(C)C)C(=O)c1ccncc1. The Morgan fingerprint density at radius 3 is 2.68 bits per heavy atom. The molecule has 1 aliphatic rings. The molecule has 1 aliphatic heterocycles. The first-order valence-electron chi connectivity index (χ1n) is 8.20. The molecule has 0 aromatic carbocycles. The molecule has 122 valence electrons. The summed E-state index contributed by atoms with van der Waals surface area (Å²) in [4.78, 5) is 23.4. The van der Waals surface area contributed by atoms with Crippen molar-refractivity contribution >= 4 is 5.91 Å². The Morgan fingerprint density at radius 2 is 2.05 bits per heavy atom. The average molecular weight is 304 g/mol. The van der Waals surface area contributed by atoms with E-state index in [-0.39, 0.29) is 5.91 Å². The van der Waals surface area contributed by atoms with Crippen LogP contribution in [0.1, 0.15) is 30.1 Å². The highest BCUT2D eigenvalue weighted by Crippen LogP contribution is 2.18. The van der Waals surface area contributed by atoms with Crippen LogP contribution in [0.2, 0.25) is 0 Å². The number of amides is 1. The van der Waals surface area contributed by atoms with Crippen molar-refractivity contribution < 1.29 is 4.79 Å². The van der Waals surface area contributed by atoms with Gasteiger partial charge in [-0.2, -0.15) is 0 Å². The molecule has 1 amide bonds. The number of likely N-dealkylation sites (N-methyl/N-ethyl adjacent to an activating group) is 2. The van der Waals surface area contributed by atoms with Gasteiger partial charge < -0.3 is 9.80 Å². The number of hydrogen-bond donors (Lipinski definition) is 0. The number of hydrogen-bond acceptors (Lipinski definition) is 4. The van der Waals surface area contributed by atoms with Crippen LogP contribution in [0.15, 0.2) is 24.5 Å². The molecule has 0 bridgehead atoms. The van der Waals surface area contributed by atoms with Gasteiger partial charge in [0.05, 0.1) is 0 Å². The topological polar surface area (TPSA) is 39.7 Å². The summed E-state index contributed by atoms with van der Waals surface area (Å²) < 4.78 is 0. The van der Waals surface area contributed by atoms with E-state index in [1.165, 1.54) is 12.8 Å². The highest BCUT2D eigenvalue weighted by Gasteiger charge is 2.27. The van der Waals surface area contributed by atoms with Gasteiger partial charge in [0.1, 0.15) is 0 Å². The predicted octanol–water partition coefficient (Wildman–Crippen LogP) is 1.57. The fraction of sp³-hybridized carbons (Fsp3) is 0.647. The van der Waals surface area contributed by atoms with Crippen molar-refractivity contribution in [2.75, 3.05) is 46.8 Å². The molecular weight excluding hydrogens is 276 g/mol. The van der Waals surface area contributed by atoms with Crippen molar-refractivity contribution in [1.29, 1.82) is 0 Å². The van der Waals surface area contributed by atoms with Gasteiger partial charge in [0.2, 0.25) is 0 Å². The van der Waals surface area contributed by atoms with Gasteiger partial charge in [-0.1, -0.05) is 6.92 Å². The third-order valence-corrected chi connectivity index (χ3v) is 4.37. The van der Waals surface area contributed by atoms with Gasteiger partial charge in [0, 0.05) is 43.6 Å². The van der Waals surface area contributed by atoms with Gasteiger partial charge in [-0.3, -0.25) is 14.7 Å². The number of likely N-dealkylation sites (tertiary alicyclic amines) is 1. The number of aromatic nitrogens is 1. The first kappa shape index (κ1) is 16.9. The largest absolute Gasteiger partial charge is 0.336 e. The zero-order valence-electron chi connectivity index (χ0n) is 14.0. The molecular formula is C17H28N4O. The minimum atomic E-state index is 0.118. The molecule has 1 aromatic rings. The van der Waals surface area contributed by atoms with E-state index in [4.69, 9.17) is 0 Å². The highest BCUT2D eigenvalue weighted by atomic mass is 16.2. The van der Waals surface area contributed by atoms with E-state index < -0.39 is 0 Å². The fourth-order valence-electron chi connectivity index (χ4n) is 3.05. The molecule has 1 unspecified atom stereocenters. The van der Waals surface area contributed by atoms with Crippen molar-refractivity contribution in [1.82, 2.24) is 19.7 Å². The van der Waals surface area contributed by atoms with Crippen LogP contribution in [0.4, 0.5) is 0 Å². The minimum absolute atomic E-state index is 0.118. The van der Waals surface area contributed by atoms with Crippen LogP contribution in [0.5, 0.6) is 0 Å². The zero-order chi connectivity index (χ0) is 15.9. The summed E-state index contributed by atoms with van der Waals surface area (Å²) in [7, 11) is 4.09. The number of nitrogens with zero attached hydrogens (tertiary/aromatic N) is 4. The van der Waals surface area contributed by atoms with Crippen molar-refractivity contribution in [2.24, 2.45) is 0 Å². The maximum atomic E-state index is 12.8. The molecule has 22 heavy (non-hydrogen) atoms. The van der Waals surface area contributed by atoms with Gasteiger partial charge in [0.25, 0.3) is 5.91 Å². The molecule has 1 aromatic heterocycles. The standard InChI is InChI=1S/C17H28N4O/c1-4-20-11-5-6-16(20)14-21(13-12-19(2)3)17(22)15-7-9-18-10-8-15/h7-10,16H,4-6,11-14H2,1-3H3. The minimum Gasteiger partial charge on any atom is -0.336 e. The van der Waals surface area contributed by atoms with Crippen molar-refractivity contribution in [3.63, 3.8) is 0 Å². The summed E-state index contributed by atoms with van der Waals surface area (Å²) >= 11 is 0. The molecule has 1 atom stereocenters. The number of carbonyl (C=O) groups excluding carboxylic acids is 1. The van der Waals surface area contributed by atoms with Crippen LogP contribution >= 0.6 is 0 Å². The molecule has 0 aliphatic carbocycles. The monoisotopic (exact) mass is 304 g/mol. The van der Waals surface area contributed by atoms with E-state index in [2.05, 4.69) is 21.7 Å². The van der Waals surface area contributed by atoms with E-state index in [9.17, 15) is 4.79 Å². The second kappa shape index (κ2) is 8.25. The van der Waals surface area contributed by atoms with Crippen LogP contribution < -0.4 is 0 Å². The Hall–Kier alpha value is -1.46. The third kappa shape index (κ3) is 4.52. The van der Waals surface area contributed by atoms with Crippen molar-refractivity contribution in [3.8, 4) is 0 Å². The van der Waals surface area contributed by atoms with E-state index in [0.29, 0.717) is 6.04 Å². The van der Waals surface area contributed by atoms with Crippen LogP contribution in [-0.4, -0.2) is 78.5 Å². The summed E-state index contributed by atoms with van der Waals surface area (Å²) in [5, 5.41) is 0. The molecule has 1 saturated heterocycles. The summed E-state index contributed by atoms with van der Waals surface area (Å²) in [5.74, 6) is 0.118. The first-order chi connectivity index (χ1) is 10.6. The van der Waals surface area contributed by atoms with E-state index in [0.717, 1.165) is 38.3 Å². The lowest BCUT2D eigenvalue weighted by Gasteiger charge is -2.31. The maximum absolute atomic E-state index is 12.8. The normalized spacial score (nSPS) is 18.8. The molecule has 5 heteroatoms. The second-order valence-corrected chi connectivity index (χ2v) is 6.21. The average Bonchev–Trinajstić information content (AvgIpc) is 2.98. The molecule has 0 radical (unpaired) electrons. The Bertz CT molecular complexity index is 463. The summed E-state index contributed by atoms with van der Waals surface area (Å²) in [5.41, 5.74) is 0.731. The van der Waals surface area contributed by atoms with E-state index in [1.807, 2.05) is 19.0 Å². The van der Waals surface area contributed by atoms with Crippen molar-refractivity contribution in [3.05, 3.63) is 30.1 Å². The Morgan fingerprint density at radius 1 is 1.32 bits per heavy atom. The molecule has 0 N–H and O–H groups in total. The van der Waals surface area contributed by atoms with Gasteiger partial charge in [-0.25, -0.2) is 0 Å². The van der Waals surface area contributed by atoms with Crippen molar-refractivity contribution in [2.45, 2.75) is 25.8 Å². The smallest absolute Gasteiger partial charge is 0.254 e. The van der Waals surface area contributed by atoms with Crippen LogP contribution in [-0.2, 0) is 0 Å². The van der Waals surface area contributed by atoms with Gasteiger partial charge >= 0.3 is 0 Å². The van der Waals surface area contributed by atoms with Gasteiger partial charge in [0.15, 0.2) is 0 Å². The van der Waals surface area contributed by atoms with Crippen LogP contribution in [0.25, 0.3) is 0 Å². The molecule has 2 rings (SSSR count). The van der Waals surface area contributed by atoms with Crippen LogP contribution in [0.3, 0.4) is 0 Å². The maximum Gasteiger partial charge on any atom is 0.254 e. The number of pyridine rings is 1. The van der Waals surface area contributed by atoms with Gasteiger partial charge in [-0.15, -0.1) is 0 Å². The molecule has 1 fully saturated rings. The molecule has 0 spiro atoms. The van der Waals surface area contributed by atoms with Crippen LogP contribution in [0, 0.1) is 0 Å². The quantitative estimate of drug-likeness (QED) is 0.766. The first-order valence-corrected chi connectivity index (χ1v) is 8.20. The predicted molar refractivity (Wildman–Crippen MR) is 89.0 cm³/mol. The Labute approximate surface area is 133 Å². The highest BCUT2D eigenvalue weighted by molar-refractivity contribution is 5.94. The Kier molecular flexibility index (Phi) is 6.34. The molecule has 5 nitrogen and oxygen atoms in total. The summed E-state index contributed by atoms with van der Waals surface area (Å²) in [6, 6.07) is 4.10. The van der Waals surface area contributed by atoms with Gasteiger partial charge in [-0.05, 0) is 52.2 Å². The molecule has 0 saturated carbocycles. The fourth-order valence-corrected chi connectivity index (χ4v) is 3.05. The zero-order valence-corrected chi connectivity index (χ0v) is 14.0. The lowest BCUT2D eigenvalue weighted by Crippen LogP contribution is -2.45. The lowest BCUT2D eigenvalue weighted by atomic mass is 10.1.